The minimum absolute atomic E-state index is 0.181. The number of H-pyrrole nitrogens is 1. The Morgan fingerprint density at radius 2 is 1.93 bits per heavy atom. The number of para-hydroxylation sites is 1. The zero-order chi connectivity index (χ0) is 20.1. The molecule has 2 aromatic carbocycles. The Morgan fingerprint density at radius 3 is 2.76 bits per heavy atom. The van der Waals surface area contributed by atoms with Crippen molar-refractivity contribution in [1.82, 2.24) is 4.98 Å². The van der Waals surface area contributed by atoms with Gasteiger partial charge in [0.25, 0.3) is 0 Å². The summed E-state index contributed by atoms with van der Waals surface area (Å²) >= 11 is 0. The second kappa shape index (κ2) is 5.19. The van der Waals surface area contributed by atoms with Gasteiger partial charge in [0, 0.05) is 22.9 Å². The Balaban J connectivity index is 1.74. The Bertz CT molecular complexity index is 1260. The highest BCUT2D eigenvalue weighted by Crippen LogP contribution is 2.53. The van der Waals surface area contributed by atoms with Crippen LogP contribution < -0.4 is 10.2 Å². The lowest BCUT2D eigenvalue weighted by molar-refractivity contribution is -0.714. The van der Waals surface area contributed by atoms with E-state index in [0.29, 0.717) is 0 Å². The number of amides is 1. The topological polar surface area (TPSA) is 52.7 Å². The molecule has 1 amide bonds. The largest absolute Gasteiger partial charge is 0.352 e. The number of aryl methyl sites for hydroxylation is 1. The normalized spacial score (nSPS) is 24.1. The lowest BCUT2D eigenvalue weighted by atomic mass is 9.80. The Morgan fingerprint density at radius 1 is 1.14 bits per heavy atom. The number of fused-ring (bicyclic) bond motifs is 5. The Kier molecular flexibility index (Phi) is 3.05. The molecule has 0 aliphatic carbocycles. The number of aromatic amines is 1. The van der Waals surface area contributed by atoms with E-state index in [1.165, 1.54) is 27.6 Å². The fraction of sp³-hybridized carbons (Fsp3) is 0.320. The zero-order valence-electron chi connectivity index (χ0n) is 17.4. The monoisotopic (exact) mass is 384 g/mol. The number of carbonyl (C=O) groups excluding carboxylic acids is 1. The molecule has 4 heterocycles. The van der Waals surface area contributed by atoms with Gasteiger partial charge in [-0.1, -0.05) is 24.3 Å². The molecule has 3 aliphatic rings. The third kappa shape index (κ3) is 1.90. The van der Waals surface area contributed by atoms with E-state index in [4.69, 9.17) is 0 Å². The minimum Gasteiger partial charge on any atom is -0.352 e. The summed E-state index contributed by atoms with van der Waals surface area (Å²) in [6.07, 6.45) is 3.22. The van der Waals surface area contributed by atoms with E-state index in [0.717, 1.165) is 35.4 Å². The van der Waals surface area contributed by atoms with Crippen LogP contribution in [0, 0.1) is 6.92 Å². The van der Waals surface area contributed by atoms with Gasteiger partial charge in [-0.2, -0.15) is 0 Å². The highest BCUT2D eigenvalue weighted by atomic mass is 16.2. The van der Waals surface area contributed by atoms with E-state index in [1.54, 1.807) is 0 Å². The van der Waals surface area contributed by atoms with Crippen molar-refractivity contribution in [2.24, 2.45) is 0 Å². The molecule has 29 heavy (non-hydrogen) atoms. The maximum atomic E-state index is 14.3. The van der Waals surface area contributed by atoms with Crippen LogP contribution in [0.4, 0.5) is 5.69 Å². The van der Waals surface area contributed by atoms with Gasteiger partial charge in [0.15, 0.2) is 0 Å². The first kappa shape index (κ1) is 17.0. The van der Waals surface area contributed by atoms with Crippen LogP contribution in [0.2, 0.25) is 0 Å². The number of nitrogens with two attached hydrogens (primary N) is 1. The van der Waals surface area contributed by atoms with Gasteiger partial charge >= 0.3 is 5.91 Å². The molecule has 1 spiro atoms. The Labute approximate surface area is 170 Å². The summed E-state index contributed by atoms with van der Waals surface area (Å²) in [5, 5.41) is 3.52. The van der Waals surface area contributed by atoms with E-state index >= 15 is 0 Å². The summed E-state index contributed by atoms with van der Waals surface area (Å²) < 4.78 is 0. The number of nitrogens with one attached hydrogen (secondary N) is 1. The standard InChI is InChI=1S/C25H25N3O/c1-14-11-18-15(2)13-24(3,4)28-21(18)19(12-14)25(23(28)29)22-17(9-10-26-25)16-7-5-6-8-20(16)27-22/h5-8,11-13,26-27H,9-10H2,1-4H3/p+1/t25-/m0/s1. The van der Waals surface area contributed by atoms with Crippen LogP contribution in [0.15, 0.2) is 42.5 Å². The van der Waals surface area contributed by atoms with Gasteiger partial charge in [-0.15, -0.1) is 0 Å². The molecule has 0 bridgehead atoms. The maximum Gasteiger partial charge on any atom is 0.300 e. The van der Waals surface area contributed by atoms with Gasteiger partial charge in [0.2, 0.25) is 5.54 Å². The van der Waals surface area contributed by atoms with E-state index in [-0.39, 0.29) is 11.4 Å². The predicted molar refractivity (Wildman–Crippen MR) is 116 cm³/mol. The number of anilines is 1. The summed E-state index contributed by atoms with van der Waals surface area (Å²) in [7, 11) is 0. The first-order valence-electron chi connectivity index (χ1n) is 10.5. The number of hydrogen-bond acceptors (Lipinski definition) is 1. The number of nitrogens with zero attached hydrogens (tertiary/aromatic N) is 1. The molecular formula is C25H26N3O+. The van der Waals surface area contributed by atoms with Crippen molar-refractivity contribution in [1.29, 1.82) is 0 Å². The van der Waals surface area contributed by atoms with Crippen molar-refractivity contribution in [3.8, 4) is 0 Å². The maximum absolute atomic E-state index is 14.3. The average Bonchev–Trinajstić information content (AvgIpc) is 3.17. The molecule has 3 N–H and O–H groups in total. The third-order valence-electron chi connectivity index (χ3n) is 7.07. The van der Waals surface area contributed by atoms with Gasteiger partial charge < -0.3 is 10.3 Å². The van der Waals surface area contributed by atoms with Crippen LogP contribution in [-0.4, -0.2) is 23.0 Å². The van der Waals surface area contributed by atoms with Crippen LogP contribution in [0.3, 0.4) is 0 Å². The summed E-state index contributed by atoms with van der Waals surface area (Å²) in [5.74, 6) is 0.181. The van der Waals surface area contributed by atoms with Crippen molar-refractivity contribution < 1.29 is 10.1 Å². The number of rotatable bonds is 0. The molecule has 3 aromatic rings. The fourth-order valence-corrected chi connectivity index (χ4v) is 6.01. The van der Waals surface area contributed by atoms with E-state index in [2.05, 4.69) is 85.4 Å². The smallest absolute Gasteiger partial charge is 0.300 e. The zero-order valence-corrected chi connectivity index (χ0v) is 17.4. The fourth-order valence-electron chi connectivity index (χ4n) is 6.01. The van der Waals surface area contributed by atoms with Crippen molar-refractivity contribution in [3.05, 3.63) is 70.4 Å². The summed E-state index contributed by atoms with van der Waals surface area (Å²) in [6.45, 7) is 9.51. The number of aromatic nitrogens is 1. The first-order valence-corrected chi connectivity index (χ1v) is 10.5. The van der Waals surface area contributed by atoms with Gasteiger partial charge in [-0.3, -0.25) is 9.69 Å². The molecule has 0 fully saturated rings. The first-order chi connectivity index (χ1) is 13.8. The molecule has 0 saturated carbocycles. The summed E-state index contributed by atoms with van der Waals surface area (Å²) in [6, 6.07) is 12.9. The lowest BCUT2D eigenvalue weighted by Gasteiger charge is -2.39. The average molecular weight is 385 g/mol. The van der Waals surface area contributed by atoms with Crippen molar-refractivity contribution in [3.63, 3.8) is 0 Å². The molecule has 1 atom stereocenters. The van der Waals surface area contributed by atoms with Crippen LogP contribution in [-0.2, 0) is 16.8 Å². The number of quaternary nitrogens is 1. The van der Waals surface area contributed by atoms with Crippen molar-refractivity contribution in [2.75, 3.05) is 11.4 Å². The third-order valence-corrected chi connectivity index (χ3v) is 7.07. The van der Waals surface area contributed by atoms with E-state index < -0.39 is 5.54 Å². The molecule has 1 aromatic heterocycles. The van der Waals surface area contributed by atoms with Gasteiger partial charge in [0.05, 0.1) is 29.0 Å². The molecule has 0 radical (unpaired) electrons. The molecular weight excluding hydrogens is 358 g/mol. The number of hydrogen-bond donors (Lipinski definition) is 2. The Hall–Kier alpha value is -2.85. The van der Waals surface area contributed by atoms with Gasteiger partial charge in [-0.05, 0) is 62.6 Å². The molecule has 0 saturated heterocycles. The predicted octanol–water partition coefficient (Wildman–Crippen LogP) is 3.38. The quantitative estimate of drug-likeness (QED) is 0.613. The number of allylic oxidation sites excluding steroid dienone is 1. The highest BCUT2D eigenvalue weighted by Gasteiger charge is 2.62. The molecule has 6 rings (SSSR count). The number of carbonyl (C=O) groups is 1. The molecule has 4 heteroatoms. The van der Waals surface area contributed by atoms with Gasteiger partial charge in [-0.25, -0.2) is 0 Å². The second-order valence-corrected chi connectivity index (χ2v) is 9.41. The number of benzene rings is 2. The lowest BCUT2D eigenvalue weighted by Crippen LogP contribution is -2.99. The van der Waals surface area contributed by atoms with Crippen molar-refractivity contribution in [2.45, 2.75) is 45.2 Å². The van der Waals surface area contributed by atoms with Crippen LogP contribution >= 0.6 is 0 Å². The minimum atomic E-state index is -0.724. The molecule has 3 aliphatic heterocycles. The summed E-state index contributed by atoms with van der Waals surface area (Å²) in [5.41, 5.74) is 8.33. The summed E-state index contributed by atoms with van der Waals surface area (Å²) in [4.78, 5) is 20.0. The highest BCUT2D eigenvalue weighted by molar-refractivity contribution is 6.14. The molecule has 146 valence electrons. The van der Waals surface area contributed by atoms with Gasteiger partial charge in [0.1, 0.15) is 0 Å². The van der Waals surface area contributed by atoms with Crippen LogP contribution in [0.5, 0.6) is 0 Å². The van der Waals surface area contributed by atoms with Crippen LogP contribution in [0.1, 0.15) is 48.7 Å². The molecule has 4 nitrogen and oxygen atoms in total. The van der Waals surface area contributed by atoms with E-state index in [9.17, 15) is 4.79 Å². The van der Waals surface area contributed by atoms with E-state index in [1.807, 2.05) is 0 Å². The van der Waals surface area contributed by atoms with Crippen molar-refractivity contribution >= 4 is 28.1 Å². The SMILES string of the molecule is CC1=CC(C)(C)N2C(=O)[C@]3([NH2+]CCc4c3[nH]c3ccccc43)c3cc(C)cc1c32. The second-order valence-electron chi connectivity index (χ2n) is 9.41. The van der Waals surface area contributed by atoms with Crippen LogP contribution in [0.25, 0.3) is 16.5 Å². The molecule has 0 unspecified atom stereocenters.